The Labute approximate surface area is 104 Å². The SMILES string of the molecule is CC(C)(I)CC(=O)N1CCS(=O)(=O)CC1. The van der Waals surface area contributed by atoms with Gasteiger partial charge in [0.2, 0.25) is 5.91 Å². The van der Waals surface area contributed by atoms with E-state index < -0.39 is 9.84 Å². The largest absolute Gasteiger partial charge is 0.341 e. The van der Waals surface area contributed by atoms with E-state index in [-0.39, 0.29) is 20.8 Å². The molecular weight excluding hydrogens is 329 g/mol. The van der Waals surface area contributed by atoms with Gasteiger partial charge in [0, 0.05) is 22.9 Å². The van der Waals surface area contributed by atoms with Gasteiger partial charge < -0.3 is 4.90 Å². The smallest absolute Gasteiger partial charge is 0.223 e. The molecule has 1 fully saturated rings. The van der Waals surface area contributed by atoms with Crippen LogP contribution in [0.5, 0.6) is 0 Å². The monoisotopic (exact) mass is 345 g/mol. The number of nitrogens with zero attached hydrogens (tertiary/aromatic N) is 1. The first-order valence-corrected chi connectivity index (χ1v) is 7.77. The number of sulfone groups is 1. The molecule has 88 valence electrons. The fraction of sp³-hybridized carbons (Fsp3) is 0.889. The summed E-state index contributed by atoms with van der Waals surface area (Å²) in [5.41, 5.74) is 0. The summed E-state index contributed by atoms with van der Waals surface area (Å²) < 4.78 is 22.3. The lowest BCUT2D eigenvalue weighted by atomic mass is 10.1. The molecule has 0 spiro atoms. The molecule has 4 nitrogen and oxygen atoms in total. The van der Waals surface area contributed by atoms with Crippen molar-refractivity contribution < 1.29 is 13.2 Å². The highest BCUT2D eigenvalue weighted by atomic mass is 127. The van der Waals surface area contributed by atoms with Crippen LogP contribution in [0, 0.1) is 0 Å². The summed E-state index contributed by atoms with van der Waals surface area (Å²) in [6, 6.07) is 0. The van der Waals surface area contributed by atoms with Gasteiger partial charge in [0.1, 0.15) is 0 Å². The Morgan fingerprint density at radius 3 is 2.20 bits per heavy atom. The zero-order valence-electron chi connectivity index (χ0n) is 8.99. The third-order valence-corrected chi connectivity index (χ3v) is 4.26. The third-order valence-electron chi connectivity index (χ3n) is 2.27. The van der Waals surface area contributed by atoms with Crippen molar-refractivity contribution in [1.82, 2.24) is 4.90 Å². The van der Waals surface area contributed by atoms with Crippen molar-refractivity contribution in [2.45, 2.75) is 23.7 Å². The van der Waals surface area contributed by atoms with E-state index in [1.165, 1.54) is 0 Å². The van der Waals surface area contributed by atoms with E-state index in [1.807, 2.05) is 13.8 Å². The van der Waals surface area contributed by atoms with Crippen LogP contribution in [0.25, 0.3) is 0 Å². The first-order chi connectivity index (χ1) is 6.70. The molecule has 0 atom stereocenters. The van der Waals surface area contributed by atoms with Gasteiger partial charge in [0.25, 0.3) is 0 Å². The van der Waals surface area contributed by atoms with E-state index >= 15 is 0 Å². The number of carbonyl (C=O) groups excluding carboxylic acids is 1. The molecule has 6 heteroatoms. The molecule has 1 heterocycles. The summed E-state index contributed by atoms with van der Waals surface area (Å²) in [5, 5.41) is 0. The quantitative estimate of drug-likeness (QED) is 0.551. The Hall–Kier alpha value is 0.150. The van der Waals surface area contributed by atoms with Crippen molar-refractivity contribution in [1.29, 1.82) is 0 Å². The van der Waals surface area contributed by atoms with E-state index in [9.17, 15) is 13.2 Å². The third kappa shape index (κ3) is 4.67. The predicted octanol–water partition coefficient (Wildman–Crippen LogP) is 0.847. The molecule has 0 N–H and O–H groups in total. The Bertz CT molecular complexity index is 331. The van der Waals surface area contributed by atoms with Gasteiger partial charge in [-0.3, -0.25) is 4.79 Å². The molecule has 1 aliphatic rings. The van der Waals surface area contributed by atoms with Crippen molar-refractivity contribution in [2.75, 3.05) is 24.6 Å². The molecular formula is C9H16INO3S. The van der Waals surface area contributed by atoms with Gasteiger partial charge >= 0.3 is 0 Å². The van der Waals surface area contributed by atoms with E-state index in [4.69, 9.17) is 0 Å². The first kappa shape index (κ1) is 13.2. The Morgan fingerprint density at radius 1 is 1.33 bits per heavy atom. The second kappa shape index (κ2) is 4.57. The van der Waals surface area contributed by atoms with Crippen molar-refractivity contribution in [3.8, 4) is 0 Å². The number of alkyl halides is 1. The summed E-state index contributed by atoms with van der Waals surface area (Å²) in [5.74, 6) is 0.283. The van der Waals surface area contributed by atoms with Crippen LogP contribution in [-0.4, -0.2) is 47.2 Å². The second-order valence-electron chi connectivity index (χ2n) is 4.43. The van der Waals surface area contributed by atoms with Crippen LogP contribution in [0.2, 0.25) is 0 Å². The van der Waals surface area contributed by atoms with Crippen LogP contribution in [-0.2, 0) is 14.6 Å². The molecule has 0 saturated carbocycles. The summed E-state index contributed by atoms with van der Waals surface area (Å²) in [7, 11) is -2.89. The summed E-state index contributed by atoms with van der Waals surface area (Å²) in [4.78, 5) is 13.4. The normalized spacial score (nSPS) is 21.4. The maximum Gasteiger partial charge on any atom is 0.223 e. The zero-order valence-corrected chi connectivity index (χ0v) is 12.0. The van der Waals surface area contributed by atoms with Gasteiger partial charge in [-0.25, -0.2) is 8.42 Å². The van der Waals surface area contributed by atoms with Gasteiger partial charge in [0.05, 0.1) is 11.5 Å². The van der Waals surface area contributed by atoms with Gasteiger partial charge in [-0.1, -0.05) is 36.4 Å². The van der Waals surface area contributed by atoms with E-state index in [0.29, 0.717) is 19.5 Å². The van der Waals surface area contributed by atoms with Crippen LogP contribution in [0.3, 0.4) is 0 Å². The molecule has 0 aromatic carbocycles. The summed E-state index contributed by atoms with van der Waals surface area (Å²) >= 11 is 2.23. The van der Waals surface area contributed by atoms with Crippen LogP contribution in [0.15, 0.2) is 0 Å². The molecule has 1 aliphatic heterocycles. The average Bonchev–Trinajstić information content (AvgIpc) is 2.00. The summed E-state index contributed by atoms with van der Waals surface area (Å²) in [6.45, 7) is 4.69. The van der Waals surface area contributed by atoms with Crippen LogP contribution >= 0.6 is 22.6 Å². The lowest BCUT2D eigenvalue weighted by molar-refractivity contribution is -0.131. The van der Waals surface area contributed by atoms with Gasteiger partial charge in [0.15, 0.2) is 9.84 Å². The highest BCUT2D eigenvalue weighted by molar-refractivity contribution is 14.1. The number of hydrogen-bond donors (Lipinski definition) is 0. The highest BCUT2D eigenvalue weighted by Gasteiger charge is 2.27. The van der Waals surface area contributed by atoms with Gasteiger partial charge in [-0.15, -0.1) is 0 Å². The highest BCUT2D eigenvalue weighted by Crippen LogP contribution is 2.22. The molecule has 1 saturated heterocycles. The molecule has 0 aromatic rings. The van der Waals surface area contributed by atoms with Crippen molar-refractivity contribution in [3.05, 3.63) is 0 Å². The average molecular weight is 345 g/mol. The van der Waals surface area contributed by atoms with E-state index in [2.05, 4.69) is 22.6 Å². The van der Waals surface area contributed by atoms with Gasteiger partial charge in [-0.2, -0.15) is 0 Å². The lowest BCUT2D eigenvalue weighted by Crippen LogP contribution is -2.45. The molecule has 15 heavy (non-hydrogen) atoms. The fourth-order valence-electron chi connectivity index (χ4n) is 1.43. The number of halogens is 1. The molecule has 0 unspecified atom stereocenters. The molecule has 0 radical (unpaired) electrons. The predicted molar refractivity (Wildman–Crippen MR) is 67.9 cm³/mol. The van der Waals surface area contributed by atoms with Crippen molar-refractivity contribution in [2.24, 2.45) is 0 Å². The molecule has 0 aliphatic carbocycles. The topological polar surface area (TPSA) is 54.5 Å². The molecule has 0 aromatic heterocycles. The van der Waals surface area contributed by atoms with Crippen LogP contribution < -0.4 is 0 Å². The maximum absolute atomic E-state index is 11.8. The van der Waals surface area contributed by atoms with Crippen molar-refractivity contribution in [3.63, 3.8) is 0 Å². The number of hydrogen-bond acceptors (Lipinski definition) is 3. The molecule has 1 rings (SSSR count). The van der Waals surface area contributed by atoms with Crippen molar-refractivity contribution >= 4 is 38.3 Å². The number of amides is 1. The first-order valence-electron chi connectivity index (χ1n) is 4.87. The molecule has 0 bridgehead atoms. The Kier molecular flexibility index (Phi) is 4.02. The van der Waals surface area contributed by atoms with Gasteiger partial charge in [-0.05, 0) is 0 Å². The number of carbonyl (C=O) groups is 1. The van der Waals surface area contributed by atoms with E-state index in [1.54, 1.807) is 4.90 Å². The van der Waals surface area contributed by atoms with Crippen LogP contribution in [0.1, 0.15) is 20.3 Å². The minimum Gasteiger partial charge on any atom is -0.341 e. The maximum atomic E-state index is 11.8. The Morgan fingerprint density at radius 2 is 1.80 bits per heavy atom. The second-order valence-corrected chi connectivity index (χ2v) is 9.65. The molecule has 1 amide bonds. The summed E-state index contributed by atoms with van der Waals surface area (Å²) in [6.07, 6.45) is 0.466. The standard InChI is InChI=1S/C9H16INO3S/c1-9(2,10)7-8(12)11-3-5-15(13,14)6-4-11/h3-7H2,1-2H3. The Balaban J connectivity index is 2.51. The minimum absolute atomic E-state index is 0.0595. The number of rotatable bonds is 2. The zero-order chi connectivity index (χ0) is 11.7. The van der Waals surface area contributed by atoms with E-state index in [0.717, 1.165) is 0 Å². The lowest BCUT2D eigenvalue weighted by Gasteiger charge is -2.29. The fourth-order valence-corrected chi connectivity index (χ4v) is 2.96. The minimum atomic E-state index is -2.89. The van der Waals surface area contributed by atoms with Crippen LogP contribution in [0.4, 0.5) is 0 Å².